The third-order valence-electron chi connectivity index (χ3n) is 6.33. The van der Waals surface area contributed by atoms with Crippen molar-refractivity contribution < 1.29 is 4.79 Å². The first-order chi connectivity index (χ1) is 17.4. The second kappa shape index (κ2) is 13.3. The lowest BCUT2D eigenvalue weighted by molar-refractivity contribution is -0.121. The van der Waals surface area contributed by atoms with Crippen LogP contribution in [0.25, 0.3) is 0 Å². The van der Waals surface area contributed by atoms with Gasteiger partial charge in [0.15, 0.2) is 0 Å². The first-order valence-corrected chi connectivity index (χ1v) is 13.6. The summed E-state index contributed by atoms with van der Waals surface area (Å²) in [6.07, 6.45) is 2.15. The van der Waals surface area contributed by atoms with E-state index in [2.05, 4.69) is 46.4 Å². The number of nitrogens with zero attached hydrogens (tertiary/aromatic N) is 5. The van der Waals surface area contributed by atoms with Gasteiger partial charge in [0.1, 0.15) is 23.0 Å². The molecule has 3 rings (SSSR count). The van der Waals surface area contributed by atoms with Crippen LogP contribution in [0.1, 0.15) is 61.4 Å². The smallest absolute Gasteiger partial charge is 0.220 e. The van der Waals surface area contributed by atoms with Crippen molar-refractivity contribution in [1.29, 1.82) is 10.5 Å². The zero-order valence-electron chi connectivity index (χ0n) is 21.8. The van der Waals surface area contributed by atoms with Crippen molar-refractivity contribution in [3.8, 4) is 12.1 Å². The number of nitriles is 2. The van der Waals surface area contributed by atoms with Crippen LogP contribution in [-0.2, 0) is 23.5 Å². The van der Waals surface area contributed by atoms with Gasteiger partial charge in [-0.05, 0) is 49.0 Å². The van der Waals surface area contributed by atoms with E-state index in [-0.39, 0.29) is 5.91 Å². The molecule has 1 aromatic heterocycles. The predicted octanol–water partition coefficient (Wildman–Crippen LogP) is 4.48. The zero-order chi connectivity index (χ0) is 26.1. The molecule has 1 fully saturated rings. The molecule has 1 aliphatic heterocycles. The van der Waals surface area contributed by atoms with Gasteiger partial charge in [-0.25, -0.2) is 4.98 Å². The maximum atomic E-state index is 11.9. The van der Waals surface area contributed by atoms with Gasteiger partial charge in [-0.1, -0.05) is 45.0 Å². The first kappa shape index (κ1) is 27.5. The molecule has 0 unspecified atom stereocenters. The molecule has 2 heterocycles. The summed E-state index contributed by atoms with van der Waals surface area (Å²) in [5.74, 6) is 1.78. The van der Waals surface area contributed by atoms with Crippen molar-refractivity contribution in [2.45, 2.75) is 57.4 Å². The van der Waals surface area contributed by atoms with Gasteiger partial charge in [0.2, 0.25) is 5.91 Å². The van der Waals surface area contributed by atoms with E-state index in [0.29, 0.717) is 53.0 Å². The van der Waals surface area contributed by atoms with Gasteiger partial charge in [0, 0.05) is 38.4 Å². The van der Waals surface area contributed by atoms with Gasteiger partial charge >= 0.3 is 0 Å². The Balaban J connectivity index is 1.78. The Bertz CT molecular complexity index is 1130. The summed E-state index contributed by atoms with van der Waals surface area (Å²) < 4.78 is 0. The Morgan fingerprint density at radius 2 is 1.78 bits per heavy atom. The van der Waals surface area contributed by atoms with Crippen LogP contribution in [0, 0.1) is 28.6 Å². The van der Waals surface area contributed by atoms with Gasteiger partial charge < -0.3 is 15.1 Å². The molecule has 1 aliphatic rings. The number of nitrogens with one attached hydrogen (secondary N) is 1. The van der Waals surface area contributed by atoms with Crippen LogP contribution in [0.15, 0.2) is 29.3 Å². The van der Waals surface area contributed by atoms with Gasteiger partial charge in [-0.15, -0.1) is 11.8 Å². The van der Waals surface area contributed by atoms with Crippen LogP contribution in [0.3, 0.4) is 0 Å². The molecule has 0 spiro atoms. The van der Waals surface area contributed by atoms with Crippen LogP contribution < -0.4 is 10.2 Å². The fourth-order valence-corrected chi connectivity index (χ4v) is 5.28. The number of hydrogen-bond acceptors (Lipinski definition) is 7. The van der Waals surface area contributed by atoms with Gasteiger partial charge in [-0.2, -0.15) is 10.5 Å². The molecule has 36 heavy (non-hydrogen) atoms. The predicted molar refractivity (Wildman–Crippen MR) is 145 cm³/mol. The summed E-state index contributed by atoms with van der Waals surface area (Å²) >= 11 is 1.54. The van der Waals surface area contributed by atoms with Gasteiger partial charge in [-0.3, -0.25) is 4.79 Å². The van der Waals surface area contributed by atoms with Crippen molar-refractivity contribution in [3.05, 3.63) is 52.1 Å². The normalized spacial score (nSPS) is 14.2. The number of thioether (sulfide) groups is 1. The van der Waals surface area contributed by atoms with Crippen LogP contribution in [0.2, 0.25) is 0 Å². The highest BCUT2D eigenvalue weighted by atomic mass is 32.2. The van der Waals surface area contributed by atoms with E-state index < -0.39 is 0 Å². The largest absolute Gasteiger partial charge is 0.354 e. The number of aromatic nitrogens is 1. The molecule has 8 heteroatoms. The Morgan fingerprint density at radius 3 is 2.42 bits per heavy atom. The highest BCUT2D eigenvalue weighted by Gasteiger charge is 2.24. The topological polar surface area (TPSA) is 96.0 Å². The van der Waals surface area contributed by atoms with E-state index in [1.54, 1.807) is 0 Å². The standard InChI is InChI=1S/C28H36N6OS/c1-5-23-24(16-29)27(34-12-6-11-33(4)13-14-34)32-28(25(23)17-30)36-19-22-9-7-21(8-10-22)18-31-26(35)15-20(2)3/h7-10,20H,5-6,11-15,18-19H2,1-4H3,(H,31,35). The van der Waals surface area contributed by atoms with Crippen molar-refractivity contribution in [2.75, 3.05) is 38.1 Å². The van der Waals surface area contributed by atoms with Crippen molar-refractivity contribution >= 4 is 23.5 Å². The SMILES string of the molecule is CCc1c(C#N)c(SCc2ccc(CNC(=O)CC(C)C)cc2)nc(N2CCCN(C)CC2)c1C#N. The van der Waals surface area contributed by atoms with E-state index in [1.807, 2.05) is 32.9 Å². The van der Waals surface area contributed by atoms with Crippen LogP contribution >= 0.6 is 11.8 Å². The summed E-state index contributed by atoms with van der Waals surface area (Å²) in [6, 6.07) is 12.8. The number of hydrogen-bond donors (Lipinski definition) is 1. The van der Waals surface area contributed by atoms with Crippen LogP contribution in [0.5, 0.6) is 0 Å². The molecule has 0 aliphatic carbocycles. The third-order valence-corrected chi connectivity index (χ3v) is 7.37. The summed E-state index contributed by atoms with van der Waals surface area (Å²) in [5.41, 5.74) is 4.00. The Kier molecular flexibility index (Phi) is 10.2. The molecule has 0 radical (unpaired) electrons. The van der Waals surface area contributed by atoms with Crippen LogP contribution in [-0.4, -0.2) is 49.0 Å². The number of carbonyl (C=O) groups excluding carboxylic acids is 1. The van der Waals surface area contributed by atoms with Crippen molar-refractivity contribution in [1.82, 2.24) is 15.2 Å². The minimum atomic E-state index is 0.0686. The number of amides is 1. The second-order valence-electron chi connectivity index (χ2n) is 9.67. The number of pyridine rings is 1. The molecule has 0 saturated carbocycles. The fraction of sp³-hybridized carbons (Fsp3) is 0.500. The van der Waals surface area contributed by atoms with E-state index >= 15 is 0 Å². The van der Waals surface area contributed by atoms with E-state index in [9.17, 15) is 15.3 Å². The van der Waals surface area contributed by atoms with Crippen LogP contribution in [0.4, 0.5) is 5.82 Å². The molecule has 0 bridgehead atoms. The quantitative estimate of drug-likeness (QED) is 0.503. The Labute approximate surface area is 219 Å². The average Bonchev–Trinajstić information content (AvgIpc) is 3.09. The Morgan fingerprint density at radius 1 is 1.08 bits per heavy atom. The van der Waals surface area contributed by atoms with Crippen molar-refractivity contribution in [3.63, 3.8) is 0 Å². The molecule has 2 aromatic rings. The van der Waals surface area contributed by atoms with E-state index in [0.717, 1.165) is 49.3 Å². The highest BCUT2D eigenvalue weighted by molar-refractivity contribution is 7.98. The molecular formula is C28H36N6OS. The molecule has 1 amide bonds. The number of likely N-dealkylation sites (N-methyl/N-ethyl adjacent to an activating group) is 1. The maximum absolute atomic E-state index is 11.9. The molecule has 0 atom stereocenters. The summed E-state index contributed by atoms with van der Waals surface area (Å²) in [5, 5.41) is 23.6. The lowest BCUT2D eigenvalue weighted by Gasteiger charge is -2.25. The zero-order valence-corrected chi connectivity index (χ0v) is 22.6. The maximum Gasteiger partial charge on any atom is 0.220 e. The van der Waals surface area contributed by atoms with Crippen molar-refractivity contribution in [2.24, 2.45) is 5.92 Å². The molecule has 1 aromatic carbocycles. The number of anilines is 1. The Hall–Kier alpha value is -3.07. The molecule has 190 valence electrons. The van der Waals surface area contributed by atoms with E-state index in [4.69, 9.17) is 4.98 Å². The lowest BCUT2D eigenvalue weighted by Crippen LogP contribution is -2.30. The average molecular weight is 505 g/mol. The number of benzene rings is 1. The fourth-order valence-electron chi connectivity index (χ4n) is 4.32. The summed E-state index contributed by atoms with van der Waals surface area (Å²) in [7, 11) is 2.12. The summed E-state index contributed by atoms with van der Waals surface area (Å²) in [6.45, 7) is 10.2. The number of rotatable bonds is 9. The monoisotopic (exact) mass is 504 g/mol. The third kappa shape index (κ3) is 7.22. The first-order valence-electron chi connectivity index (χ1n) is 12.6. The lowest BCUT2D eigenvalue weighted by atomic mass is 10.0. The molecule has 1 N–H and O–H groups in total. The highest BCUT2D eigenvalue weighted by Crippen LogP contribution is 2.33. The minimum Gasteiger partial charge on any atom is -0.354 e. The summed E-state index contributed by atoms with van der Waals surface area (Å²) in [4.78, 5) is 21.3. The minimum absolute atomic E-state index is 0.0686. The molecule has 1 saturated heterocycles. The number of carbonyl (C=O) groups is 1. The van der Waals surface area contributed by atoms with E-state index in [1.165, 1.54) is 11.8 Å². The second-order valence-corrected chi connectivity index (χ2v) is 10.6. The molecule has 7 nitrogen and oxygen atoms in total. The van der Waals surface area contributed by atoms with Gasteiger partial charge in [0.05, 0.1) is 11.1 Å². The molecular weight excluding hydrogens is 468 g/mol. The van der Waals surface area contributed by atoms with Gasteiger partial charge in [0.25, 0.3) is 0 Å².